The fraction of sp³-hybridized carbons (Fsp3) is 0.182. The van der Waals surface area contributed by atoms with E-state index in [0.717, 1.165) is 5.56 Å². The molecule has 2 aromatic heterocycles. The van der Waals surface area contributed by atoms with Crippen LogP contribution in [-0.4, -0.2) is 30.3 Å². The van der Waals surface area contributed by atoms with Gasteiger partial charge in [0, 0.05) is 17.7 Å². The summed E-state index contributed by atoms with van der Waals surface area (Å²) < 4.78 is 1.34. The van der Waals surface area contributed by atoms with Crippen LogP contribution >= 0.6 is 0 Å². The fourth-order valence-corrected chi connectivity index (χ4v) is 3.37. The van der Waals surface area contributed by atoms with Gasteiger partial charge in [0.15, 0.2) is 17.2 Å². The van der Waals surface area contributed by atoms with E-state index in [4.69, 9.17) is 5.73 Å². The third-order valence-corrected chi connectivity index (χ3v) is 5.10. The number of nitro benzene ring substituents is 1. The number of amides is 1. The molecule has 0 unspecified atom stereocenters. The summed E-state index contributed by atoms with van der Waals surface area (Å²) in [6.07, 6.45) is 0. The van der Waals surface area contributed by atoms with Gasteiger partial charge in [-0.05, 0) is 35.2 Å². The molecule has 0 atom stereocenters. The molecule has 0 aliphatic heterocycles. The first kappa shape index (κ1) is 20.9. The molecule has 0 spiro atoms. The van der Waals surface area contributed by atoms with Crippen LogP contribution in [0.4, 0.5) is 5.69 Å². The molecular formula is C22H20N6O4. The van der Waals surface area contributed by atoms with Gasteiger partial charge >= 0.3 is 5.69 Å². The number of carbonyl (C=O) groups is 1. The Morgan fingerprint density at radius 1 is 1.06 bits per heavy atom. The summed E-state index contributed by atoms with van der Waals surface area (Å²) in [6, 6.07) is 13.0. The van der Waals surface area contributed by atoms with Crippen molar-refractivity contribution in [3.63, 3.8) is 0 Å². The molecule has 32 heavy (non-hydrogen) atoms. The highest BCUT2D eigenvalue weighted by Crippen LogP contribution is 2.26. The molecule has 0 saturated heterocycles. The number of carbonyl (C=O) groups excluding carboxylic acids is 1. The van der Waals surface area contributed by atoms with E-state index in [1.54, 1.807) is 12.1 Å². The Morgan fingerprint density at radius 3 is 2.22 bits per heavy atom. The molecule has 1 amide bonds. The van der Waals surface area contributed by atoms with Crippen molar-refractivity contribution < 1.29 is 9.72 Å². The highest BCUT2D eigenvalue weighted by atomic mass is 16.6. The number of nitro groups is 1. The summed E-state index contributed by atoms with van der Waals surface area (Å²) >= 11 is 0. The van der Waals surface area contributed by atoms with Crippen molar-refractivity contribution in [2.75, 3.05) is 0 Å². The molecule has 0 aliphatic rings. The van der Waals surface area contributed by atoms with Gasteiger partial charge in [0.2, 0.25) is 0 Å². The molecule has 0 saturated carbocycles. The second-order valence-electron chi connectivity index (χ2n) is 8.33. The van der Waals surface area contributed by atoms with Crippen LogP contribution in [0.3, 0.4) is 0 Å². The zero-order valence-electron chi connectivity index (χ0n) is 17.6. The normalized spacial score (nSPS) is 11.6. The quantitative estimate of drug-likeness (QED) is 0.374. The lowest BCUT2D eigenvalue weighted by Gasteiger charge is -2.19. The van der Waals surface area contributed by atoms with Gasteiger partial charge in [0.1, 0.15) is 5.52 Å². The number of hydrogen-bond donors (Lipinski definition) is 2. The van der Waals surface area contributed by atoms with Crippen molar-refractivity contribution >= 4 is 22.8 Å². The van der Waals surface area contributed by atoms with E-state index in [1.807, 2.05) is 12.1 Å². The van der Waals surface area contributed by atoms with Gasteiger partial charge in [-0.2, -0.15) is 0 Å². The first-order chi connectivity index (χ1) is 15.1. The van der Waals surface area contributed by atoms with Crippen LogP contribution in [0.5, 0.6) is 0 Å². The van der Waals surface area contributed by atoms with Gasteiger partial charge in [0.05, 0.1) is 10.6 Å². The third kappa shape index (κ3) is 3.62. The number of benzene rings is 2. The first-order valence-electron chi connectivity index (χ1n) is 9.74. The van der Waals surface area contributed by atoms with Crippen LogP contribution in [0.15, 0.2) is 53.3 Å². The van der Waals surface area contributed by atoms with Crippen LogP contribution in [0.1, 0.15) is 36.8 Å². The van der Waals surface area contributed by atoms with E-state index in [9.17, 15) is 19.7 Å². The maximum Gasteiger partial charge on any atom is 0.332 e. The minimum absolute atomic E-state index is 0.0614. The number of H-pyrrole nitrogens is 1. The van der Waals surface area contributed by atoms with Crippen LogP contribution < -0.4 is 11.4 Å². The largest absolute Gasteiger partial charge is 0.364 e. The number of primary amides is 1. The van der Waals surface area contributed by atoms with Crippen LogP contribution in [-0.2, 0) is 5.41 Å². The number of fused-ring (bicyclic) bond motifs is 1. The van der Waals surface area contributed by atoms with E-state index in [2.05, 4.69) is 35.7 Å². The number of nitrogens with two attached hydrogens (primary N) is 1. The number of aromatic nitrogens is 4. The number of aromatic amines is 1. The van der Waals surface area contributed by atoms with Crippen molar-refractivity contribution in [1.82, 2.24) is 19.5 Å². The zero-order chi connectivity index (χ0) is 23.2. The van der Waals surface area contributed by atoms with Crippen LogP contribution in [0.25, 0.3) is 28.2 Å². The average Bonchev–Trinajstić information content (AvgIpc) is 3.08. The zero-order valence-corrected chi connectivity index (χ0v) is 17.6. The summed E-state index contributed by atoms with van der Waals surface area (Å²) in [5, 5.41) is 10.9. The Labute approximate surface area is 181 Å². The maximum absolute atomic E-state index is 12.8. The molecule has 0 bridgehead atoms. The van der Waals surface area contributed by atoms with E-state index >= 15 is 0 Å². The standard InChI is InChI=1S/C22H20N6O4/c1-22(2,3)13-6-10-14(11-7-13)27-20-17(25-21(27)30)16(18(23)29)24-19(26-20)12-4-8-15(9-5-12)28(31)32/h4-11H,1-3H3,(H2,23,29)(H,25,30). The van der Waals surface area contributed by atoms with Gasteiger partial charge in [-0.25, -0.2) is 19.3 Å². The van der Waals surface area contributed by atoms with Crippen molar-refractivity contribution in [2.24, 2.45) is 5.73 Å². The number of nitrogens with zero attached hydrogens (tertiary/aromatic N) is 4. The Hall–Kier alpha value is -4.34. The molecule has 10 heteroatoms. The smallest absolute Gasteiger partial charge is 0.332 e. The molecule has 0 aliphatic carbocycles. The van der Waals surface area contributed by atoms with Crippen molar-refractivity contribution in [1.29, 1.82) is 0 Å². The van der Waals surface area contributed by atoms with E-state index in [-0.39, 0.29) is 33.8 Å². The van der Waals surface area contributed by atoms with Crippen LogP contribution in [0.2, 0.25) is 0 Å². The Balaban J connectivity index is 1.93. The topological polar surface area (TPSA) is 150 Å². The summed E-state index contributed by atoms with van der Waals surface area (Å²) in [7, 11) is 0. The number of hydrogen-bond acceptors (Lipinski definition) is 6. The Bertz CT molecular complexity index is 1410. The second kappa shape index (κ2) is 7.41. The SMILES string of the molecule is CC(C)(C)c1ccc(-n2c(=O)[nH]c3c(C(N)=O)nc(-c4ccc([N+](=O)[O-])cc4)nc32)cc1. The molecule has 10 nitrogen and oxygen atoms in total. The molecule has 2 aromatic carbocycles. The van der Waals surface area contributed by atoms with Gasteiger partial charge in [-0.15, -0.1) is 0 Å². The predicted molar refractivity (Wildman–Crippen MR) is 119 cm³/mol. The first-order valence-corrected chi connectivity index (χ1v) is 9.74. The molecule has 4 rings (SSSR count). The van der Waals surface area contributed by atoms with Crippen molar-refractivity contribution in [3.05, 3.63) is 80.4 Å². The van der Waals surface area contributed by atoms with Crippen molar-refractivity contribution in [2.45, 2.75) is 26.2 Å². The molecule has 2 heterocycles. The molecule has 4 aromatic rings. The minimum Gasteiger partial charge on any atom is -0.364 e. The maximum atomic E-state index is 12.8. The summed E-state index contributed by atoms with van der Waals surface area (Å²) in [5.74, 6) is -0.725. The molecule has 0 radical (unpaired) electrons. The molecule has 162 valence electrons. The van der Waals surface area contributed by atoms with E-state index < -0.39 is 16.5 Å². The fourth-order valence-electron chi connectivity index (χ4n) is 3.37. The lowest BCUT2D eigenvalue weighted by molar-refractivity contribution is -0.384. The molecular weight excluding hydrogens is 412 g/mol. The van der Waals surface area contributed by atoms with Crippen molar-refractivity contribution in [3.8, 4) is 17.1 Å². The summed E-state index contributed by atoms with van der Waals surface area (Å²) in [4.78, 5) is 46.5. The van der Waals surface area contributed by atoms with E-state index in [1.165, 1.54) is 28.8 Å². The van der Waals surface area contributed by atoms with E-state index in [0.29, 0.717) is 11.3 Å². The minimum atomic E-state index is -0.836. The summed E-state index contributed by atoms with van der Waals surface area (Å²) in [6.45, 7) is 6.26. The van der Waals surface area contributed by atoms with Gasteiger partial charge in [-0.3, -0.25) is 14.9 Å². The van der Waals surface area contributed by atoms with Gasteiger partial charge in [-0.1, -0.05) is 32.9 Å². The lowest BCUT2D eigenvalue weighted by atomic mass is 9.87. The lowest BCUT2D eigenvalue weighted by Crippen LogP contribution is -2.16. The average molecular weight is 432 g/mol. The number of imidazole rings is 1. The predicted octanol–water partition coefficient (Wildman–Crippen LogP) is 3.08. The van der Waals surface area contributed by atoms with Crippen LogP contribution in [0, 0.1) is 10.1 Å². The molecule has 0 fully saturated rings. The van der Waals surface area contributed by atoms with Gasteiger partial charge in [0.25, 0.3) is 11.6 Å². The Kier molecular flexibility index (Phi) is 4.85. The number of non-ortho nitro benzene ring substituents is 1. The summed E-state index contributed by atoms with van der Waals surface area (Å²) in [5.41, 5.74) is 7.08. The second-order valence-corrected chi connectivity index (χ2v) is 8.33. The van der Waals surface area contributed by atoms with Gasteiger partial charge < -0.3 is 10.7 Å². The number of rotatable bonds is 4. The Morgan fingerprint density at radius 2 is 1.69 bits per heavy atom. The highest BCUT2D eigenvalue weighted by molar-refractivity contribution is 6.02. The third-order valence-electron chi connectivity index (χ3n) is 5.10. The molecule has 3 N–H and O–H groups in total. The monoisotopic (exact) mass is 432 g/mol. The number of nitrogens with one attached hydrogen (secondary N) is 1. The highest BCUT2D eigenvalue weighted by Gasteiger charge is 2.21.